The fourth-order valence-corrected chi connectivity index (χ4v) is 1.49. The number of esters is 1. The Hall–Kier alpha value is -1.10. The van der Waals surface area contributed by atoms with Crippen molar-refractivity contribution in [3.63, 3.8) is 0 Å². The Morgan fingerprint density at radius 1 is 1.47 bits per heavy atom. The minimum atomic E-state index is -0.618. The molecule has 0 bridgehead atoms. The lowest BCUT2D eigenvalue weighted by molar-refractivity contribution is -0.147. The molecule has 1 aliphatic heterocycles. The molecule has 86 valence electrons. The van der Waals surface area contributed by atoms with Gasteiger partial charge in [0.25, 0.3) is 0 Å². The van der Waals surface area contributed by atoms with Gasteiger partial charge in [0.15, 0.2) is 0 Å². The Morgan fingerprint density at radius 3 is 2.73 bits per heavy atom. The number of methoxy groups -OCH3 is 1. The van der Waals surface area contributed by atoms with Crippen molar-refractivity contribution in [2.75, 3.05) is 13.7 Å². The van der Waals surface area contributed by atoms with E-state index in [1.807, 2.05) is 0 Å². The molecule has 5 heteroatoms. The van der Waals surface area contributed by atoms with E-state index in [9.17, 15) is 9.59 Å². The third-order valence-corrected chi connectivity index (χ3v) is 2.39. The van der Waals surface area contributed by atoms with Crippen LogP contribution in [0.4, 0.5) is 0 Å². The third-order valence-electron chi connectivity index (χ3n) is 2.39. The van der Waals surface area contributed by atoms with Crippen LogP contribution in [0.15, 0.2) is 0 Å². The molecule has 0 aliphatic carbocycles. The van der Waals surface area contributed by atoms with Crippen LogP contribution < -0.4 is 5.32 Å². The van der Waals surface area contributed by atoms with E-state index in [-0.39, 0.29) is 5.91 Å². The normalized spacial score (nSPS) is 22.9. The zero-order chi connectivity index (χ0) is 11.3. The predicted octanol–water partition coefficient (Wildman–Crippen LogP) is 0.233. The van der Waals surface area contributed by atoms with E-state index >= 15 is 0 Å². The summed E-state index contributed by atoms with van der Waals surface area (Å²) in [5.41, 5.74) is 0. The first-order valence-electron chi connectivity index (χ1n) is 5.15. The average molecular weight is 215 g/mol. The predicted molar refractivity (Wildman–Crippen MR) is 53.2 cm³/mol. The molecular formula is C10H17NO4. The first-order chi connectivity index (χ1) is 7.15. The Bertz CT molecular complexity index is 236. The molecule has 0 radical (unpaired) electrons. The quantitative estimate of drug-likeness (QED) is 0.685. The molecule has 0 aromatic rings. The van der Waals surface area contributed by atoms with Crippen molar-refractivity contribution in [1.82, 2.24) is 5.32 Å². The fourth-order valence-electron chi connectivity index (χ4n) is 1.49. The maximum absolute atomic E-state index is 11.6. The number of rotatable bonds is 3. The SMILES string of the molecule is COC(=O)C(C)NC(=O)C1CCCCO1. The maximum atomic E-state index is 11.6. The molecule has 15 heavy (non-hydrogen) atoms. The largest absolute Gasteiger partial charge is 0.467 e. The number of carbonyl (C=O) groups excluding carboxylic acids is 2. The van der Waals surface area contributed by atoms with Crippen LogP contribution in [0.3, 0.4) is 0 Å². The minimum absolute atomic E-state index is 0.229. The molecule has 0 saturated carbocycles. The van der Waals surface area contributed by atoms with E-state index in [0.717, 1.165) is 19.3 Å². The molecule has 1 amide bonds. The fraction of sp³-hybridized carbons (Fsp3) is 0.800. The van der Waals surface area contributed by atoms with E-state index in [2.05, 4.69) is 10.1 Å². The topological polar surface area (TPSA) is 64.6 Å². The van der Waals surface area contributed by atoms with Crippen LogP contribution in [-0.4, -0.2) is 37.7 Å². The van der Waals surface area contributed by atoms with Gasteiger partial charge in [-0.3, -0.25) is 4.79 Å². The van der Waals surface area contributed by atoms with Crippen molar-refractivity contribution in [2.45, 2.75) is 38.3 Å². The van der Waals surface area contributed by atoms with Gasteiger partial charge in [0.05, 0.1) is 7.11 Å². The highest BCUT2D eigenvalue weighted by molar-refractivity contribution is 5.86. The van der Waals surface area contributed by atoms with Crippen LogP contribution in [0.1, 0.15) is 26.2 Å². The van der Waals surface area contributed by atoms with Gasteiger partial charge >= 0.3 is 5.97 Å². The second-order valence-electron chi connectivity index (χ2n) is 3.61. The highest BCUT2D eigenvalue weighted by Crippen LogP contribution is 2.12. The molecule has 0 spiro atoms. The van der Waals surface area contributed by atoms with Gasteiger partial charge < -0.3 is 14.8 Å². The summed E-state index contributed by atoms with van der Waals surface area (Å²) in [5, 5.41) is 2.56. The number of hydrogen-bond donors (Lipinski definition) is 1. The summed E-state index contributed by atoms with van der Waals surface area (Å²) in [6.07, 6.45) is 2.30. The number of ether oxygens (including phenoxy) is 2. The zero-order valence-electron chi connectivity index (χ0n) is 9.12. The van der Waals surface area contributed by atoms with Gasteiger partial charge in [-0.05, 0) is 26.2 Å². The van der Waals surface area contributed by atoms with Crippen molar-refractivity contribution in [1.29, 1.82) is 0 Å². The molecule has 5 nitrogen and oxygen atoms in total. The van der Waals surface area contributed by atoms with Gasteiger partial charge in [-0.1, -0.05) is 0 Å². The lowest BCUT2D eigenvalue weighted by atomic mass is 10.1. The van der Waals surface area contributed by atoms with Crippen LogP contribution in [0.25, 0.3) is 0 Å². The molecule has 1 saturated heterocycles. The van der Waals surface area contributed by atoms with E-state index in [0.29, 0.717) is 6.61 Å². The molecule has 0 aromatic heterocycles. The van der Waals surface area contributed by atoms with Gasteiger partial charge in [0.1, 0.15) is 12.1 Å². The molecule has 1 rings (SSSR count). The maximum Gasteiger partial charge on any atom is 0.328 e. The molecule has 1 aliphatic rings. The first-order valence-corrected chi connectivity index (χ1v) is 5.15. The summed E-state index contributed by atoms with van der Waals surface area (Å²) >= 11 is 0. The van der Waals surface area contributed by atoms with E-state index in [4.69, 9.17) is 4.74 Å². The average Bonchev–Trinajstić information content (AvgIpc) is 2.29. The number of carbonyl (C=O) groups is 2. The summed E-state index contributed by atoms with van der Waals surface area (Å²) in [6.45, 7) is 2.21. The highest BCUT2D eigenvalue weighted by Gasteiger charge is 2.25. The molecule has 1 fully saturated rings. The molecule has 1 heterocycles. The van der Waals surface area contributed by atoms with Crippen LogP contribution in [0.5, 0.6) is 0 Å². The van der Waals surface area contributed by atoms with Crippen LogP contribution in [0, 0.1) is 0 Å². The summed E-state index contributed by atoms with van der Waals surface area (Å²) < 4.78 is 9.80. The van der Waals surface area contributed by atoms with Crippen molar-refractivity contribution in [3.8, 4) is 0 Å². The van der Waals surface area contributed by atoms with E-state index in [1.165, 1.54) is 7.11 Å². The zero-order valence-corrected chi connectivity index (χ0v) is 9.12. The minimum Gasteiger partial charge on any atom is -0.467 e. The van der Waals surface area contributed by atoms with Crippen LogP contribution in [-0.2, 0) is 19.1 Å². The third kappa shape index (κ3) is 3.51. The lowest BCUT2D eigenvalue weighted by Gasteiger charge is -2.23. The molecule has 1 N–H and O–H groups in total. The van der Waals surface area contributed by atoms with Crippen molar-refractivity contribution in [2.24, 2.45) is 0 Å². The Morgan fingerprint density at radius 2 is 2.20 bits per heavy atom. The second kappa shape index (κ2) is 5.70. The number of nitrogens with one attached hydrogen (secondary N) is 1. The second-order valence-corrected chi connectivity index (χ2v) is 3.61. The van der Waals surface area contributed by atoms with Gasteiger partial charge in [0.2, 0.25) is 5.91 Å². The first kappa shape index (κ1) is 12.0. The number of amides is 1. The summed E-state index contributed by atoms with van der Waals surface area (Å²) in [5.74, 6) is -0.674. The van der Waals surface area contributed by atoms with E-state index in [1.54, 1.807) is 6.92 Å². The van der Waals surface area contributed by atoms with Crippen LogP contribution in [0.2, 0.25) is 0 Å². The molecule has 2 unspecified atom stereocenters. The van der Waals surface area contributed by atoms with Crippen molar-refractivity contribution in [3.05, 3.63) is 0 Å². The number of hydrogen-bond acceptors (Lipinski definition) is 4. The lowest BCUT2D eigenvalue weighted by Crippen LogP contribution is -2.45. The summed E-state index contributed by atoms with van der Waals surface area (Å²) in [7, 11) is 1.29. The Kier molecular flexibility index (Phi) is 4.55. The van der Waals surface area contributed by atoms with Gasteiger partial charge in [-0.25, -0.2) is 4.79 Å². The standard InChI is InChI=1S/C10H17NO4/c1-7(10(13)14-2)11-9(12)8-5-3-4-6-15-8/h7-8H,3-6H2,1-2H3,(H,11,12). The Balaban J connectivity index is 2.36. The molecule has 2 atom stereocenters. The van der Waals surface area contributed by atoms with Gasteiger partial charge in [-0.15, -0.1) is 0 Å². The summed E-state index contributed by atoms with van der Waals surface area (Å²) in [6, 6.07) is -0.618. The van der Waals surface area contributed by atoms with Crippen molar-refractivity contribution >= 4 is 11.9 Å². The van der Waals surface area contributed by atoms with Crippen molar-refractivity contribution < 1.29 is 19.1 Å². The highest BCUT2D eigenvalue weighted by atomic mass is 16.5. The molecular weight excluding hydrogens is 198 g/mol. The van der Waals surface area contributed by atoms with Crippen LogP contribution >= 0.6 is 0 Å². The monoisotopic (exact) mass is 215 g/mol. The van der Waals surface area contributed by atoms with Gasteiger partial charge in [-0.2, -0.15) is 0 Å². The van der Waals surface area contributed by atoms with Gasteiger partial charge in [0, 0.05) is 6.61 Å². The smallest absolute Gasteiger partial charge is 0.328 e. The molecule has 0 aromatic carbocycles. The van der Waals surface area contributed by atoms with E-state index < -0.39 is 18.1 Å². The summed E-state index contributed by atoms with van der Waals surface area (Å²) in [4.78, 5) is 22.6. The Labute approximate surface area is 89.1 Å².